The van der Waals surface area contributed by atoms with Crippen molar-refractivity contribution in [3.05, 3.63) is 23.1 Å². The second kappa shape index (κ2) is 5.51. The van der Waals surface area contributed by atoms with Crippen LogP contribution < -0.4 is 0 Å². The third-order valence-corrected chi connectivity index (χ3v) is 3.58. The molecule has 2 rings (SSSR count). The molecule has 2 heterocycles. The fourth-order valence-corrected chi connectivity index (χ4v) is 2.85. The summed E-state index contributed by atoms with van der Waals surface area (Å²) in [6.45, 7) is 9.52. The van der Waals surface area contributed by atoms with Gasteiger partial charge in [0.2, 0.25) is 0 Å². The summed E-state index contributed by atoms with van der Waals surface area (Å²) in [5, 5.41) is 3.86. The van der Waals surface area contributed by atoms with Crippen molar-refractivity contribution >= 4 is 0 Å². The third kappa shape index (κ3) is 2.77. The first-order valence-corrected chi connectivity index (χ1v) is 6.68. The van der Waals surface area contributed by atoms with E-state index in [1.54, 1.807) is 6.08 Å². The Morgan fingerprint density at radius 1 is 1.32 bits per heavy atom. The summed E-state index contributed by atoms with van der Waals surface area (Å²) < 4.78 is 17.8. The van der Waals surface area contributed by atoms with Crippen molar-refractivity contribution in [2.45, 2.75) is 69.9 Å². The minimum Gasteiger partial charge on any atom is -0.371 e. The van der Waals surface area contributed by atoms with E-state index in [-0.39, 0.29) is 30.5 Å². The number of nitrogens with zero attached hydrogens (tertiary/aromatic N) is 3. The molecular formula is C13H21N3O3. The van der Waals surface area contributed by atoms with Gasteiger partial charge in [-0.05, 0) is 32.2 Å². The van der Waals surface area contributed by atoms with Crippen LogP contribution in [0, 0.1) is 0 Å². The van der Waals surface area contributed by atoms with Crippen LogP contribution in [0.2, 0.25) is 0 Å². The lowest BCUT2D eigenvalue weighted by atomic mass is 9.91. The Morgan fingerprint density at radius 2 is 2.00 bits per heavy atom. The van der Waals surface area contributed by atoms with E-state index in [2.05, 4.69) is 23.5 Å². The van der Waals surface area contributed by atoms with Gasteiger partial charge in [0.1, 0.15) is 12.2 Å². The lowest BCUT2D eigenvalue weighted by Gasteiger charge is -2.40. The van der Waals surface area contributed by atoms with Crippen molar-refractivity contribution in [3.8, 4) is 0 Å². The highest BCUT2D eigenvalue weighted by molar-refractivity contribution is 5.03. The predicted molar refractivity (Wildman–Crippen MR) is 70.5 cm³/mol. The Balaban J connectivity index is 2.29. The van der Waals surface area contributed by atoms with Crippen LogP contribution in [0.4, 0.5) is 0 Å². The van der Waals surface area contributed by atoms with E-state index in [4.69, 9.17) is 19.7 Å². The van der Waals surface area contributed by atoms with Gasteiger partial charge in [-0.1, -0.05) is 18.1 Å². The van der Waals surface area contributed by atoms with Crippen molar-refractivity contribution in [1.29, 1.82) is 0 Å². The van der Waals surface area contributed by atoms with Crippen LogP contribution in [0.25, 0.3) is 10.4 Å². The first kappa shape index (κ1) is 14.3. The smallest absolute Gasteiger partial charge is 0.163 e. The lowest BCUT2D eigenvalue weighted by molar-refractivity contribution is -0.159. The van der Waals surface area contributed by atoms with Gasteiger partial charge in [-0.2, -0.15) is 0 Å². The number of hydrogen-bond acceptors (Lipinski definition) is 4. The van der Waals surface area contributed by atoms with Crippen molar-refractivity contribution in [1.82, 2.24) is 0 Å². The van der Waals surface area contributed by atoms with Gasteiger partial charge in [0.05, 0.1) is 18.2 Å². The molecule has 0 aliphatic carbocycles. The highest BCUT2D eigenvalue weighted by Crippen LogP contribution is 2.40. The lowest BCUT2D eigenvalue weighted by Crippen LogP contribution is -2.54. The first-order valence-electron chi connectivity index (χ1n) is 6.68. The molecule has 0 aromatic carbocycles. The second-order valence-electron chi connectivity index (χ2n) is 5.41. The van der Waals surface area contributed by atoms with Gasteiger partial charge in [0.15, 0.2) is 5.79 Å². The summed E-state index contributed by atoms with van der Waals surface area (Å²) in [7, 11) is 0. The van der Waals surface area contributed by atoms with E-state index < -0.39 is 5.79 Å². The van der Waals surface area contributed by atoms with E-state index in [9.17, 15) is 0 Å². The molecule has 0 aromatic rings. The average molecular weight is 267 g/mol. The molecule has 6 heteroatoms. The molecule has 0 bridgehead atoms. The average Bonchev–Trinajstić information content (AvgIpc) is 2.67. The minimum absolute atomic E-state index is 0.0399. The molecule has 106 valence electrons. The van der Waals surface area contributed by atoms with E-state index >= 15 is 0 Å². The maximum Gasteiger partial charge on any atom is 0.163 e. The summed E-state index contributed by atoms with van der Waals surface area (Å²) in [6, 6.07) is -0.377. The molecule has 0 saturated carbocycles. The highest BCUT2D eigenvalue weighted by Gasteiger charge is 2.53. The Morgan fingerprint density at radius 3 is 2.58 bits per heavy atom. The van der Waals surface area contributed by atoms with E-state index in [1.807, 2.05) is 13.8 Å². The molecule has 0 N–H and O–H groups in total. The molecule has 0 aromatic heterocycles. The Bertz CT molecular complexity index is 393. The quantitative estimate of drug-likeness (QED) is 0.340. The van der Waals surface area contributed by atoms with Gasteiger partial charge in [-0.3, -0.25) is 0 Å². The maximum atomic E-state index is 8.76. The van der Waals surface area contributed by atoms with Crippen LogP contribution in [0.1, 0.15) is 33.6 Å². The monoisotopic (exact) mass is 267 g/mol. The Kier molecular flexibility index (Phi) is 4.16. The van der Waals surface area contributed by atoms with Crippen LogP contribution in [0.3, 0.4) is 0 Å². The highest BCUT2D eigenvalue weighted by atomic mass is 16.8. The fourth-order valence-electron chi connectivity index (χ4n) is 2.85. The summed E-state index contributed by atoms with van der Waals surface area (Å²) in [5.74, 6) is -0.668. The SMILES string of the molecule is C=CCC1O[C@H](CC)[C@@H]2OC(C)(C)O[C@@H]2[C@@H]1N=[N+]=[N-]. The molecule has 0 spiro atoms. The van der Waals surface area contributed by atoms with E-state index in [1.165, 1.54) is 0 Å². The molecule has 19 heavy (non-hydrogen) atoms. The van der Waals surface area contributed by atoms with Gasteiger partial charge in [0, 0.05) is 4.91 Å². The normalized spacial score (nSPS) is 40.3. The van der Waals surface area contributed by atoms with E-state index in [0.717, 1.165) is 6.42 Å². The maximum absolute atomic E-state index is 8.76. The zero-order chi connectivity index (χ0) is 14.0. The Labute approximate surface area is 113 Å². The van der Waals surface area contributed by atoms with Crippen molar-refractivity contribution in [2.75, 3.05) is 0 Å². The van der Waals surface area contributed by atoms with Crippen LogP contribution in [-0.4, -0.2) is 36.2 Å². The summed E-state index contributed by atoms with van der Waals surface area (Å²) >= 11 is 0. The summed E-state index contributed by atoms with van der Waals surface area (Å²) in [5.41, 5.74) is 8.76. The number of hydrogen-bond donors (Lipinski definition) is 0. The van der Waals surface area contributed by atoms with Gasteiger partial charge in [0.25, 0.3) is 0 Å². The molecule has 2 fully saturated rings. The number of ether oxygens (including phenoxy) is 3. The second-order valence-corrected chi connectivity index (χ2v) is 5.41. The van der Waals surface area contributed by atoms with Crippen molar-refractivity contribution < 1.29 is 14.2 Å². The third-order valence-electron chi connectivity index (χ3n) is 3.58. The molecule has 5 atom stereocenters. The molecule has 0 radical (unpaired) electrons. The first-order chi connectivity index (χ1) is 9.02. The standard InChI is InChI=1S/C13H21N3O3/c1-5-7-9-10(15-16-14)12-11(8(6-2)17-9)18-13(3,4)19-12/h5,8-12H,1,6-7H2,2-4H3/t8-,9?,10-,11+,12-/m1/s1. The zero-order valence-corrected chi connectivity index (χ0v) is 11.7. The minimum atomic E-state index is -0.668. The van der Waals surface area contributed by atoms with Crippen molar-refractivity contribution in [3.63, 3.8) is 0 Å². The summed E-state index contributed by atoms with van der Waals surface area (Å²) in [6.07, 6.45) is 2.56. The number of rotatable bonds is 4. The molecule has 2 saturated heterocycles. The van der Waals surface area contributed by atoms with Crippen LogP contribution in [0.5, 0.6) is 0 Å². The number of azide groups is 1. The van der Waals surface area contributed by atoms with Crippen LogP contribution in [0.15, 0.2) is 17.8 Å². The van der Waals surface area contributed by atoms with Crippen LogP contribution in [-0.2, 0) is 14.2 Å². The predicted octanol–water partition coefficient (Wildman–Crippen LogP) is 2.94. The Hall–Kier alpha value is -1.07. The number of fused-ring (bicyclic) bond motifs is 1. The zero-order valence-electron chi connectivity index (χ0n) is 11.7. The molecule has 6 nitrogen and oxygen atoms in total. The topological polar surface area (TPSA) is 76.5 Å². The van der Waals surface area contributed by atoms with E-state index in [0.29, 0.717) is 6.42 Å². The molecular weight excluding hydrogens is 246 g/mol. The van der Waals surface area contributed by atoms with Gasteiger partial charge in [-0.25, -0.2) is 0 Å². The molecule has 1 unspecified atom stereocenters. The molecule has 2 aliphatic heterocycles. The van der Waals surface area contributed by atoms with Crippen molar-refractivity contribution in [2.24, 2.45) is 5.11 Å². The van der Waals surface area contributed by atoms with Crippen LogP contribution >= 0.6 is 0 Å². The largest absolute Gasteiger partial charge is 0.371 e. The summed E-state index contributed by atoms with van der Waals surface area (Å²) in [4.78, 5) is 2.93. The molecule has 0 amide bonds. The fraction of sp³-hybridized carbons (Fsp3) is 0.846. The van der Waals surface area contributed by atoms with Gasteiger partial charge < -0.3 is 14.2 Å². The van der Waals surface area contributed by atoms with Gasteiger partial charge in [-0.15, -0.1) is 6.58 Å². The van der Waals surface area contributed by atoms with Gasteiger partial charge >= 0.3 is 0 Å². The molecule has 2 aliphatic rings.